The lowest BCUT2D eigenvalue weighted by molar-refractivity contribution is -0.0130. The summed E-state index contributed by atoms with van der Waals surface area (Å²) >= 11 is 0. The third kappa shape index (κ3) is 3.39. The van der Waals surface area contributed by atoms with E-state index in [1.807, 2.05) is 25.1 Å². The summed E-state index contributed by atoms with van der Waals surface area (Å²) in [6, 6.07) is 9.73. The Morgan fingerprint density at radius 2 is 1.89 bits per heavy atom. The lowest BCUT2D eigenvalue weighted by Crippen LogP contribution is -2.51. The maximum absolute atomic E-state index is 12.4. The number of aromatic nitrogens is 1. The third-order valence-corrected chi connectivity index (χ3v) is 6.52. The van der Waals surface area contributed by atoms with E-state index in [9.17, 15) is 4.79 Å². The van der Waals surface area contributed by atoms with Crippen LogP contribution in [0.1, 0.15) is 54.7 Å². The van der Waals surface area contributed by atoms with Gasteiger partial charge in [0, 0.05) is 28.7 Å². The molecule has 1 saturated carbocycles. The molecule has 0 radical (unpaired) electrons. The van der Waals surface area contributed by atoms with Crippen LogP contribution in [0, 0.1) is 12.8 Å². The molecule has 0 bridgehead atoms. The maximum atomic E-state index is 12.4. The Kier molecular flexibility index (Phi) is 5.24. The van der Waals surface area contributed by atoms with Crippen LogP contribution in [0.15, 0.2) is 24.3 Å². The number of hydrogen-bond acceptors (Lipinski definition) is 4. The van der Waals surface area contributed by atoms with Gasteiger partial charge in [-0.15, -0.1) is 0 Å². The van der Waals surface area contributed by atoms with Crippen molar-refractivity contribution in [2.24, 2.45) is 5.92 Å². The Labute approximate surface area is 161 Å². The van der Waals surface area contributed by atoms with E-state index >= 15 is 0 Å². The van der Waals surface area contributed by atoms with E-state index in [2.05, 4.69) is 22.9 Å². The van der Waals surface area contributed by atoms with Gasteiger partial charge in [-0.3, -0.25) is 0 Å². The second kappa shape index (κ2) is 7.64. The van der Waals surface area contributed by atoms with Gasteiger partial charge < -0.3 is 19.4 Å². The van der Waals surface area contributed by atoms with Crippen LogP contribution in [0.5, 0.6) is 0 Å². The van der Waals surface area contributed by atoms with Crippen LogP contribution in [-0.2, 0) is 9.47 Å². The number of para-hydroxylation sites is 1. The van der Waals surface area contributed by atoms with Gasteiger partial charge in [0.2, 0.25) is 0 Å². The minimum absolute atomic E-state index is 0.245. The predicted octanol–water partition coefficient (Wildman–Crippen LogP) is 3.84. The van der Waals surface area contributed by atoms with Crippen LogP contribution in [-0.4, -0.2) is 42.9 Å². The number of nitrogens with one attached hydrogen (secondary N) is 1. The van der Waals surface area contributed by atoms with Crippen molar-refractivity contribution in [3.8, 4) is 0 Å². The first-order chi connectivity index (χ1) is 13.1. The summed E-state index contributed by atoms with van der Waals surface area (Å²) in [5.74, 6) is 0.381. The van der Waals surface area contributed by atoms with Crippen molar-refractivity contribution >= 4 is 16.9 Å². The largest absolute Gasteiger partial charge is 0.465 e. The van der Waals surface area contributed by atoms with Crippen LogP contribution in [0.25, 0.3) is 10.9 Å². The summed E-state index contributed by atoms with van der Waals surface area (Å²) in [6.45, 7) is 6.08. The molecule has 5 heteroatoms. The second-order valence-corrected chi connectivity index (χ2v) is 8.09. The molecular formula is C22H30N2O3. The fourth-order valence-corrected chi connectivity index (χ4v) is 4.92. The predicted molar refractivity (Wildman–Crippen MR) is 106 cm³/mol. The molecule has 2 aromatic rings. The van der Waals surface area contributed by atoms with Crippen LogP contribution in [0.4, 0.5) is 0 Å². The number of nitrogens with zero attached hydrogens (tertiary/aromatic N) is 1. The SMILES string of the molecule is COC(=O)c1c(C)n([C@H](C)C2CCC(NC3COC3)CC2)c2ccccc12. The molecule has 27 heavy (non-hydrogen) atoms. The Hall–Kier alpha value is -1.85. The molecule has 0 amide bonds. The number of esters is 1. The van der Waals surface area contributed by atoms with E-state index in [4.69, 9.17) is 9.47 Å². The van der Waals surface area contributed by atoms with Gasteiger partial charge >= 0.3 is 5.97 Å². The van der Waals surface area contributed by atoms with Gasteiger partial charge in [-0.05, 0) is 51.5 Å². The Balaban J connectivity index is 1.55. The van der Waals surface area contributed by atoms with Crippen molar-refractivity contribution < 1.29 is 14.3 Å². The van der Waals surface area contributed by atoms with Gasteiger partial charge in [-0.1, -0.05) is 18.2 Å². The van der Waals surface area contributed by atoms with Crippen molar-refractivity contribution in [1.29, 1.82) is 0 Å². The summed E-state index contributed by atoms with van der Waals surface area (Å²) in [5.41, 5.74) is 2.86. The second-order valence-electron chi connectivity index (χ2n) is 8.09. The summed E-state index contributed by atoms with van der Waals surface area (Å²) < 4.78 is 12.7. The van der Waals surface area contributed by atoms with Crippen LogP contribution in [0.3, 0.4) is 0 Å². The normalized spacial score (nSPS) is 24.6. The van der Waals surface area contributed by atoms with Crippen molar-refractivity contribution in [3.63, 3.8) is 0 Å². The zero-order chi connectivity index (χ0) is 19.0. The zero-order valence-electron chi connectivity index (χ0n) is 16.5. The number of carbonyl (C=O) groups excluding carboxylic acids is 1. The third-order valence-electron chi connectivity index (χ3n) is 6.52. The number of fused-ring (bicyclic) bond motifs is 1. The molecule has 1 saturated heterocycles. The molecule has 1 aliphatic carbocycles. The molecular weight excluding hydrogens is 340 g/mol. The number of ether oxygens (including phenoxy) is 2. The molecule has 1 atom stereocenters. The number of carbonyl (C=O) groups is 1. The molecule has 0 unspecified atom stereocenters. The highest BCUT2D eigenvalue weighted by molar-refractivity contribution is 6.05. The van der Waals surface area contributed by atoms with E-state index < -0.39 is 0 Å². The number of hydrogen-bond donors (Lipinski definition) is 1. The first kappa shape index (κ1) is 18.5. The average molecular weight is 370 g/mol. The number of rotatable bonds is 5. The molecule has 4 rings (SSSR count). The first-order valence-electron chi connectivity index (χ1n) is 10.1. The van der Waals surface area contributed by atoms with Crippen LogP contribution < -0.4 is 5.32 Å². The molecule has 5 nitrogen and oxygen atoms in total. The molecule has 1 aliphatic heterocycles. The lowest BCUT2D eigenvalue weighted by Gasteiger charge is -2.37. The summed E-state index contributed by atoms with van der Waals surface area (Å²) in [5, 5.41) is 4.72. The smallest absolute Gasteiger partial charge is 0.340 e. The van der Waals surface area contributed by atoms with E-state index in [1.165, 1.54) is 32.8 Å². The van der Waals surface area contributed by atoms with E-state index in [-0.39, 0.29) is 5.97 Å². The highest BCUT2D eigenvalue weighted by Gasteiger charge is 2.31. The summed E-state index contributed by atoms with van der Waals surface area (Å²) in [7, 11) is 1.46. The quantitative estimate of drug-likeness (QED) is 0.813. The van der Waals surface area contributed by atoms with Gasteiger partial charge in [0.25, 0.3) is 0 Å². The molecule has 146 valence electrons. The molecule has 0 spiro atoms. The minimum atomic E-state index is -0.245. The molecule has 2 aliphatic rings. The zero-order valence-corrected chi connectivity index (χ0v) is 16.5. The lowest BCUT2D eigenvalue weighted by atomic mass is 9.81. The minimum Gasteiger partial charge on any atom is -0.465 e. The van der Waals surface area contributed by atoms with Gasteiger partial charge in [0.15, 0.2) is 0 Å². The molecule has 2 fully saturated rings. The Bertz CT molecular complexity index is 816. The number of methoxy groups -OCH3 is 1. The number of benzene rings is 1. The van der Waals surface area contributed by atoms with Gasteiger partial charge in [0.05, 0.1) is 31.9 Å². The maximum Gasteiger partial charge on any atom is 0.340 e. The topological polar surface area (TPSA) is 52.5 Å². The molecule has 1 aromatic heterocycles. The van der Waals surface area contributed by atoms with Crippen molar-refractivity contribution in [2.45, 2.75) is 57.7 Å². The van der Waals surface area contributed by atoms with Crippen molar-refractivity contribution in [1.82, 2.24) is 9.88 Å². The van der Waals surface area contributed by atoms with Crippen molar-refractivity contribution in [3.05, 3.63) is 35.5 Å². The van der Waals surface area contributed by atoms with Gasteiger partial charge in [-0.25, -0.2) is 4.79 Å². The van der Waals surface area contributed by atoms with E-state index in [0.717, 1.165) is 29.8 Å². The van der Waals surface area contributed by atoms with Crippen molar-refractivity contribution in [2.75, 3.05) is 20.3 Å². The van der Waals surface area contributed by atoms with E-state index in [0.29, 0.717) is 29.6 Å². The Morgan fingerprint density at radius 3 is 2.52 bits per heavy atom. The highest BCUT2D eigenvalue weighted by atomic mass is 16.5. The molecule has 1 aromatic carbocycles. The fourth-order valence-electron chi connectivity index (χ4n) is 4.92. The van der Waals surface area contributed by atoms with Crippen LogP contribution in [0.2, 0.25) is 0 Å². The molecule has 1 N–H and O–H groups in total. The molecule has 2 heterocycles. The summed E-state index contributed by atoms with van der Waals surface area (Å²) in [4.78, 5) is 12.4. The summed E-state index contributed by atoms with van der Waals surface area (Å²) in [6.07, 6.45) is 4.86. The average Bonchev–Trinajstić information content (AvgIpc) is 2.96. The Morgan fingerprint density at radius 1 is 1.19 bits per heavy atom. The fraction of sp³-hybridized carbons (Fsp3) is 0.591. The van der Waals surface area contributed by atoms with Gasteiger partial charge in [0.1, 0.15) is 0 Å². The van der Waals surface area contributed by atoms with E-state index in [1.54, 1.807) is 0 Å². The van der Waals surface area contributed by atoms with Gasteiger partial charge in [-0.2, -0.15) is 0 Å². The highest BCUT2D eigenvalue weighted by Crippen LogP contribution is 2.38. The standard InChI is InChI=1S/C22H30N2O3/c1-14(16-8-10-17(11-9-16)23-18-12-27-13-18)24-15(2)21(22(25)26-3)19-6-4-5-7-20(19)24/h4-7,14,16-18,23H,8-13H2,1-3H3/t14-,16?,17?/m1/s1. The monoisotopic (exact) mass is 370 g/mol. The van der Waals surface area contributed by atoms with Crippen LogP contribution >= 0.6 is 0 Å². The first-order valence-corrected chi connectivity index (χ1v) is 10.1.